The highest BCUT2D eigenvalue weighted by Crippen LogP contribution is 2.25. The number of nitrogens with zero attached hydrogens (tertiary/aromatic N) is 2. The molecule has 1 aromatic carbocycles. The van der Waals surface area contributed by atoms with E-state index in [1.807, 2.05) is 24.3 Å². The Morgan fingerprint density at radius 3 is 2.35 bits per heavy atom. The van der Waals surface area contributed by atoms with Crippen LogP contribution in [0.15, 0.2) is 30.5 Å². The number of nitrogens with two attached hydrogens (primary N) is 1. The van der Waals surface area contributed by atoms with Gasteiger partial charge in [-0.1, -0.05) is 32.9 Å². The van der Waals surface area contributed by atoms with Crippen LogP contribution in [0.4, 0.5) is 21.8 Å². The van der Waals surface area contributed by atoms with Crippen molar-refractivity contribution in [3.05, 3.63) is 41.8 Å². The normalized spacial score (nSPS) is 11.2. The summed E-state index contributed by atoms with van der Waals surface area (Å²) in [7, 11) is 0. The third kappa shape index (κ3) is 3.21. The predicted octanol–water partition coefficient (Wildman–Crippen LogP) is 2.94. The van der Waals surface area contributed by atoms with Crippen molar-refractivity contribution in [1.29, 1.82) is 0 Å². The van der Waals surface area contributed by atoms with Crippen molar-refractivity contribution in [3.8, 4) is 0 Å². The third-order valence-electron chi connectivity index (χ3n) is 2.89. The van der Waals surface area contributed by atoms with Crippen LogP contribution in [0.2, 0.25) is 0 Å². The van der Waals surface area contributed by atoms with Gasteiger partial charge >= 0.3 is 0 Å². The van der Waals surface area contributed by atoms with E-state index in [2.05, 4.69) is 41.5 Å². The van der Waals surface area contributed by atoms with Crippen LogP contribution in [0.25, 0.3) is 0 Å². The van der Waals surface area contributed by atoms with Crippen LogP contribution in [-0.4, -0.2) is 9.97 Å². The smallest absolute Gasteiger partial charge is 0.239 e. The fourth-order valence-corrected chi connectivity index (χ4v) is 1.71. The summed E-state index contributed by atoms with van der Waals surface area (Å²) in [5.41, 5.74) is 4.31. The fourth-order valence-electron chi connectivity index (χ4n) is 1.71. The highest BCUT2D eigenvalue weighted by Gasteiger charge is 2.13. The average Bonchev–Trinajstić information content (AvgIpc) is 2.41. The lowest BCUT2D eigenvalue weighted by Crippen LogP contribution is -2.12. The van der Waals surface area contributed by atoms with Crippen molar-refractivity contribution in [2.75, 3.05) is 10.7 Å². The molecule has 0 fully saturated rings. The number of nitrogens with one attached hydrogen (secondary N) is 2. The molecule has 0 saturated carbocycles. The maximum atomic E-state index is 13.6. The summed E-state index contributed by atoms with van der Waals surface area (Å²) in [6.45, 7) is 6.41. The molecule has 5 nitrogen and oxygen atoms in total. The molecule has 1 aromatic heterocycles. The van der Waals surface area contributed by atoms with Crippen LogP contribution in [0, 0.1) is 5.82 Å². The second kappa shape index (κ2) is 5.42. The van der Waals surface area contributed by atoms with Crippen LogP contribution < -0.4 is 16.6 Å². The maximum Gasteiger partial charge on any atom is 0.239 e. The van der Waals surface area contributed by atoms with E-state index in [0.29, 0.717) is 0 Å². The van der Waals surface area contributed by atoms with E-state index in [-0.39, 0.29) is 17.2 Å². The molecule has 0 spiro atoms. The van der Waals surface area contributed by atoms with E-state index < -0.39 is 5.82 Å². The van der Waals surface area contributed by atoms with Crippen molar-refractivity contribution < 1.29 is 4.39 Å². The molecule has 0 aliphatic carbocycles. The molecular formula is C14H18FN5. The summed E-state index contributed by atoms with van der Waals surface area (Å²) in [5.74, 6) is 4.90. The van der Waals surface area contributed by atoms with Gasteiger partial charge in [-0.05, 0) is 23.1 Å². The SMILES string of the molecule is CC(C)(C)c1ccc(Nc2nc(NN)ncc2F)cc1. The van der Waals surface area contributed by atoms with Crippen LogP contribution in [0.1, 0.15) is 26.3 Å². The number of aromatic nitrogens is 2. The molecule has 0 aliphatic rings. The van der Waals surface area contributed by atoms with Gasteiger partial charge < -0.3 is 5.32 Å². The lowest BCUT2D eigenvalue weighted by Gasteiger charge is -2.19. The number of anilines is 3. The van der Waals surface area contributed by atoms with Crippen molar-refractivity contribution >= 4 is 17.5 Å². The number of hydrazine groups is 1. The van der Waals surface area contributed by atoms with Gasteiger partial charge in [0.05, 0.1) is 6.20 Å². The second-order valence-electron chi connectivity index (χ2n) is 5.49. The monoisotopic (exact) mass is 275 g/mol. The summed E-state index contributed by atoms with van der Waals surface area (Å²) >= 11 is 0. The number of benzene rings is 1. The lowest BCUT2D eigenvalue weighted by molar-refractivity contribution is 0.590. The molecule has 0 unspecified atom stereocenters. The topological polar surface area (TPSA) is 75.9 Å². The minimum atomic E-state index is -0.538. The van der Waals surface area contributed by atoms with Crippen molar-refractivity contribution in [3.63, 3.8) is 0 Å². The van der Waals surface area contributed by atoms with E-state index >= 15 is 0 Å². The molecule has 4 N–H and O–H groups in total. The van der Waals surface area contributed by atoms with E-state index in [9.17, 15) is 4.39 Å². The summed E-state index contributed by atoms with van der Waals surface area (Å²) in [4.78, 5) is 7.61. The second-order valence-corrected chi connectivity index (χ2v) is 5.49. The van der Waals surface area contributed by atoms with Crippen molar-refractivity contribution in [1.82, 2.24) is 9.97 Å². The maximum absolute atomic E-state index is 13.6. The van der Waals surface area contributed by atoms with Crippen LogP contribution in [-0.2, 0) is 5.41 Å². The summed E-state index contributed by atoms with van der Waals surface area (Å²) < 4.78 is 13.6. The molecule has 2 rings (SSSR count). The number of hydrogen-bond donors (Lipinski definition) is 3. The first-order chi connectivity index (χ1) is 9.40. The Kier molecular flexibility index (Phi) is 3.85. The van der Waals surface area contributed by atoms with Gasteiger partial charge in [-0.15, -0.1) is 0 Å². The molecule has 20 heavy (non-hydrogen) atoms. The zero-order valence-corrected chi connectivity index (χ0v) is 11.7. The molecular weight excluding hydrogens is 257 g/mol. The van der Waals surface area contributed by atoms with Crippen LogP contribution in [0.5, 0.6) is 0 Å². The highest BCUT2D eigenvalue weighted by atomic mass is 19.1. The largest absolute Gasteiger partial charge is 0.338 e. The van der Waals surface area contributed by atoms with E-state index in [1.165, 1.54) is 5.56 Å². The van der Waals surface area contributed by atoms with Gasteiger partial charge in [0.25, 0.3) is 0 Å². The number of rotatable bonds is 3. The summed E-state index contributed by atoms with van der Waals surface area (Å²) in [6, 6.07) is 7.78. The van der Waals surface area contributed by atoms with E-state index in [4.69, 9.17) is 5.84 Å². The Morgan fingerprint density at radius 1 is 1.15 bits per heavy atom. The summed E-state index contributed by atoms with van der Waals surface area (Å²) in [5, 5.41) is 2.90. The molecule has 0 radical (unpaired) electrons. The number of hydrogen-bond acceptors (Lipinski definition) is 5. The highest BCUT2D eigenvalue weighted by molar-refractivity contribution is 5.58. The Hall–Kier alpha value is -2.21. The Bertz CT molecular complexity index is 590. The molecule has 1 heterocycles. The van der Waals surface area contributed by atoms with Crippen molar-refractivity contribution in [2.45, 2.75) is 26.2 Å². The number of halogens is 1. The fraction of sp³-hybridized carbons (Fsp3) is 0.286. The molecule has 106 valence electrons. The molecule has 2 aromatic rings. The van der Waals surface area contributed by atoms with Gasteiger partial charge in [-0.25, -0.2) is 15.2 Å². The minimum absolute atomic E-state index is 0.0787. The van der Waals surface area contributed by atoms with Gasteiger partial charge in [0.2, 0.25) is 5.95 Å². The molecule has 0 amide bonds. The molecule has 0 atom stereocenters. The van der Waals surface area contributed by atoms with E-state index in [1.54, 1.807) is 0 Å². The zero-order chi connectivity index (χ0) is 14.8. The summed E-state index contributed by atoms with van der Waals surface area (Å²) in [6.07, 6.45) is 1.06. The van der Waals surface area contributed by atoms with Gasteiger partial charge in [0, 0.05) is 5.69 Å². The first kappa shape index (κ1) is 14.2. The molecule has 0 saturated heterocycles. The van der Waals surface area contributed by atoms with Gasteiger partial charge in [-0.3, -0.25) is 5.43 Å². The first-order valence-corrected chi connectivity index (χ1v) is 6.27. The van der Waals surface area contributed by atoms with Gasteiger partial charge in [-0.2, -0.15) is 4.98 Å². The third-order valence-corrected chi connectivity index (χ3v) is 2.89. The minimum Gasteiger partial charge on any atom is -0.338 e. The predicted molar refractivity (Wildman–Crippen MR) is 78.2 cm³/mol. The standard InChI is InChI=1S/C14H18FN5/c1-14(2,3)9-4-6-10(7-5-9)18-12-11(15)8-17-13(19-12)20-16/h4-8H,16H2,1-3H3,(H2,17,18,19,20). The van der Waals surface area contributed by atoms with Gasteiger partial charge in [0.15, 0.2) is 11.6 Å². The lowest BCUT2D eigenvalue weighted by atomic mass is 9.87. The van der Waals surface area contributed by atoms with Crippen molar-refractivity contribution in [2.24, 2.45) is 5.84 Å². The Labute approximate surface area is 117 Å². The van der Waals surface area contributed by atoms with Crippen LogP contribution >= 0.6 is 0 Å². The Balaban J connectivity index is 2.22. The molecule has 0 aliphatic heterocycles. The van der Waals surface area contributed by atoms with E-state index in [0.717, 1.165) is 11.9 Å². The average molecular weight is 275 g/mol. The quantitative estimate of drug-likeness (QED) is 0.593. The Morgan fingerprint density at radius 2 is 1.80 bits per heavy atom. The zero-order valence-electron chi connectivity index (χ0n) is 11.7. The number of nitrogen functional groups attached to an aromatic ring is 1. The van der Waals surface area contributed by atoms with Crippen LogP contribution in [0.3, 0.4) is 0 Å². The molecule has 0 bridgehead atoms. The first-order valence-electron chi connectivity index (χ1n) is 6.27. The molecule has 6 heteroatoms. The van der Waals surface area contributed by atoms with Gasteiger partial charge in [0.1, 0.15) is 0 Å².